The molecule has 3 rings (SSSR count). The van der Waals surface area contributed by atoms with Gasteiger partial charge in [0.1, 0.15) is 0 Å². The Kier molecular flexibility index (Phi) is 6.57. The maximum absolute atomic E-state index is 12.8. The van der Waals surface area contributed by atoms with E-state index < -0.39 is 29.9 Å². The van der Waals surface area contributed by atoms with Gasteiger partial charge in [0.15, 0.2) is 0 Å². The number of nitrogens with one attached hydrogen (secondary N) is 1. The Morgan fingerprint density at radius 1 is 1.12 bits per heavy atom. The Balaban J connectivity index is 1.78. The third kappa shape index (κ3) is 5.09. The molecule has 1 aliphatic heterocycles. The second-order valence-corrected chi connectivity index (χ2v) is 7.87. The van der Waals surface area contributed by atoms with Gasteiger partial charge in [-0.05, 0) is 37.1 Å². The van der Waals surface area contributed by atoms with Crippen LogP contribution in [0, 0.1) is 6.92 Å². The zero-order valence-corrected chi connectivity index (χ0v) is 18.3. The zero-order valence-electron chi connectivity index (χ0n) is 18.3. The van der Waals surface area contributed by atoms with Crippen LogP contribution in [0.1, 0.15) is 42.1 Å². The first kappa shape index (κ1) is 23.3. The lowest BCUT2D eigenvalue weighted by atomic mass is 10.0. The van der Waals surface area contributed by atoms with E-state index in [4.69, 9.17) is 0 Å². The summed E-state index contributed by atoms with van der Waals surface area (Å²) >= 11 is 0. The van der Waals surface area contributed by atoms with E-state index in [0.717, 1.165) is 23.3 Å². The summed E-state index contributed by atoms with van der Waals surface area (Å²) in [5.74, 6) is -0.157. The highest BCUT2D eigenvalue weighted by molar-refractivity contribution is 6.07. The number of alkyl halides is 3. The normalized spacial score (nSPS) is 17.0. The smallest absolute Gasteiger partial charge is 0.335 e. The number of benzene rings is 2. The summed E-state index contributed by atoms with van der Waals surface area (Å²) in [6, 6.07) is 10.8. The molecule has 0 radical (unpaired) electrons. The lowest BCUT2D eigenvalue weighted by Crippen LogP contribution is -2.45. The van der Waals surface area contributed by atoms with Crippen LogP contribution in [0.3, 0.4) is 0 Å². The van der Waals surface area contributed by atoms with Crippen molar-refractivity contribution in [2.45, 2.75) is 39.0 Å². The fourth-order valence-electron chi connectivity index (χ4n) is 3.42. The number of hydrogen-bond donors (Lipinski definition) is 1. The molecule has 1 N–H and O–H groups in total. The van der Waals surface area contributed by atoms with E-state index in [1.807, 2.05) is 31.2 Å². The molecule has 3 amide bonds. The van der Waals surface area contributed by atoms with E-state index in [2.05, 4.69) is 10.4 Å². The molecule has 1 heterocycles. The van der Waals surface area contributed by atoms with E-state index >= 15 is 0 Å². The maximum Gasteiger partial charge on any atom is 0.416 e. The van der Waals surface area contributed by atoms with Gasteiger partial charge in [-0.15, -0.1) is 0 Å². The Hall–Kier alpha value is -3.36. The van der Waals surface area contributed by atoms with Crippen LogP contribution >= 0.6 is 0 Å². The molecule has 6 nitrogen and oxygen atoms in total. The predicted molar refractivity (Wildman–Crippen MR) is 115 cm³/mol. The molecular formula is C23H25F3N4O2. The number of hydrazone groups is 1. The van der Waals surface area contributed by atoms with Gasteiger partial charge in [-0.2, -0.15) is 18.3 Å². The first-order chi connectivity index (χ1) is 15.0. The molecule has 0 bridgehead atoms. The van der Waals surface area contributed by atoms with Crippen molar-refractivity contribution in [3.8, 4) is 0 Å². The van der Waals surface area contributed by atoms with Gasteiger partial charge in [0.05, 0.1) is 29.9 Å². The monoisotopic (exact) mass is 446 g/mol. The van der Waals surface area contributed by atoms with E-state index in [0.29, 0.717) is 11.3 Å². The first-order valence-corrected chi connectivity index (χ1v) is 10.1. The molecule has 170 valence electrons. The summed E-state index contributed by atoms with van der Waals surface area (Å²) in [6.07, 6.45) is -4.42. The zero-order chi connectivity index (χ0) is 23.6. The molecule has 0 saturated heterocycles. The summed E-state index contributed by atoms with van der Waals surface area (Å²) in [5.41, 5.74) is 2.26. The van der Waals surface area contributed by atoms with Crippen molar-refractivity contribution in [3.63, 3.8) is 0 Å². The number of halogens is 3. The van der Waals surface area contributed by atoms with Gasteiger partial charge >= 0.3 is 12.2 Å². The molecule has 0 aliphatic carbocycles. The van der Waals surface area contributed by atoms with E-state index in [1.165, 1.54) is 29.0 Å². The first-order valence-electron chi connectivity index (χ1n) is 10.1. The minimum atomic E-state index is -4.42. The lowest BCUT2D eigenvalue weighted by molar-refractivity contribution is -0.137. The minimum Gasteiger partial charge on any atom is -0.335 e. The van der Waals surface area contributed by atoms with Crippen LogP contribution in [-0.2, 0) is 11.0 Å². The molecule has 0 saturated carbocycles. The van der Waals surface area contributed by atoms with Crippen molar-refractivity contribution in [1.29, 1.82) is 0 Å². The van der Waals surface area contributed by atoms with Crippen LogP contribution in [0.5, 0.6) is 0 Å². The average molecular weight is 446 g/mol. The number of carbonyl (C=O) groups is 2. The highest BCUT2D eigenvalue weighted by Crippen LogP contribution is 2.30. The Morgan fingerprint density at radius 2 is 1.72 bits per heavy atom. The van der Waals surface area contributed by atoms with Crippen molar-refractivity contribution < 1.29 is 22.8 Å². The summed E-state index contributed by atoms with van der Waals surface area (Å²) < 4.78 is 38.3. The third-order valence-electron chi connectivity index (χ3n) is 5.51. The molecule has 9 heteroatoms. The van der Waals surface area contributed by atoms with Crippen molar-refractivity contribution in [1.82, 2.24) is 15.2 Å². The number of urea groups is 1. The van der Waals surface area contributed by atoms with Crippen molar-refractivity contribution >= 4 is 17.6 Å². The summed E-state index contributed by atoms with van der Waals surface area (Å²) in [6.45, 7) is 5.26. The van der Waals surface area contributed by atoms with E-state index in [9.17, 15) is 22.8 Å². The van der Waals surface area contributed by atoms with Gasteiger partial charge in [0, 0.05) is 14.0 Å². The van der Waals surface area contributed by atoms with Crippen molar-refractivity contribution in [2.75, 3.05) is 13.6 Å². The maximum atomic E-state index is 12.8. The minimum absolute atomic E-state index is 0.157. The summed E-state index contributed by atoms with van der Waals surface area (Å²) in [7, 11) is 1.66. The number of rotatable bonds is 4. The van der Waals surface area contributed by atoms with Crippen molar-refractivity contribution in [2.24, 2.45) is 5.10 Å². The van der Waals surface area contributed by atoms with Crippen LogP contribution < -0.4 is 5.32 Å². The molecule has 2 atom stereocenters. The van der Waals surface area contributed by atoms with E-state index in [-0.39, 0.29) is 12.5 Å². The molecule has 0 spiro atoms. The second kappa shape index (κ2) is 9.02. The van der Waals surface area contributed by atoms with Crippen LogP contribution in [-0.4, -0.2) is 47.2 Å². The second-order valence-electron chi connectivity index (χ2n) is 7.87. The Bertz CT molecular complexity index is 1020. The highest BCUT2D eigenvalue weighted by Gasteiger charge is 2.35. The topological polar surface area (TPSA) is 65.0 Å². The van der Waals surface area contributed by atoms with Gasteiger partial charge in [0.25, 0.3) is 0 Å². The fourth-order valence-corrected chi connectivity index (χ4v) is 3.42. The molecule has 2 aromatic rings. The molecule has 32 heavy (non-hydrogen) atoms. The van der Waals surface area contributed by atoms with Crippen LogP contribution in [0.4, 0.5) is 18.0 Å². The van der Waals surface area contributed by atoms with Gasteiger partial charge in [0.2, 0.25) is 5.91 Å². The molecular weight excluding hydrogens is 421 g/mol. The van der Waals surface area contributed by atoms with Gasteiger partial charge < -0.3 is 10.2 Å². The number of likely N-dealkylation sites (N-methyl/N-ethyl adjacent to an activating group) is 1. The number of hydrogen-bond acceptors (Lipinski definition) is 3. The van der Waals surface area contributed by atoms with Crippen LogP contribution in [0.15, 0.2) is 53.6 Å². The standard InChI is InChI=1S/C23H25F3N4O2/c1-14-5-7-18(8-6-14)21-20(29(4)16(3)31)13-30(28-21)22(32)27-15(2)17-9-11-19(12-10-17)23(24,25)26/h5-12,15,20H,13H2,1-4H3,(H,27,32)/t15?,20-/m0/s1. The Labute approximate surface area is 184 Å². The fraction of sp³-hybridized carbons (Fsp3) is 0.348. The molecule has 0 fully saturated rings. The van der Waals surface area contributed by atoms with Gasteiger partial charge in [-0.3, -0.25) is 4.79 Å². The summed E-state index contributed by atoms with van der Waals surface area (Å²) in [5, 5.41) is 8.47. The SMILES string of the molecule is CC(=O)N(C)[C@H]1CN(C(=O)NC(C)c2ccc(C(F)(F)F)cc2)N=C1c1ccc(C)cc1. The number of carbonyl (C=O) groups excluding carboxylic acids is 2. The summed E-state index contributed by atoms with van der Waals surface area (Å²) in [4.78, 5) is 26.4. The van der Waals surface area contributed by atoms with Gasteiger partial charge in [-0.1, -0.05) is 42.0 Å². The van der Waals surface area contributed by atoms with Crippen molar-refractivity contribution in [3.05, 3.63) is 70.8 Å². The molecule has 2 aromatic carbocycles. The average Bonchev–Trinajstić information content (AvgIpc) is 3.18. The third-order valence-corrected chi connectivity index (χ3v) is 5.51. The van der Waals surface area contributed by atoms with Crippen LogP contribution in [0.2, 0.25) is 0 Å². The molecule has 1 unspecified atom stereocenters. The number of aryl methyl sites for hydroxylation is 1. The largest absolute Gasteiger partial charge is 0.416 e. The lowest BCUT2D eigenvalue weighted by Gasteiger charge is -2.25. The van der Waals surface area contributed by atoms with Crippen LogP contribution in [0.25, 0.3) is 0 Å². The number of nitrogens with zero attached hydrogens (tertiary/aromatic N) is 3. The number of amides is 3. The molecule has 0 aromatic heterocycles. The highest BCUT2D eigenvalue weighted by atomic mass is 19.4. The Morgan fingerprint density at radius 3 is 2.25 bits per heavy atom. The van der Waals surface area contributed by atoms with Gasteiger partial charge in [-0.25, -0.2) is 9.80 Å². The molecule has 1 aliphatic rings. The van der Waals surface area contributed by atoms with E-state index in [1.54, 1.807) is 14.0 Å². The quantitative estimate of drug-likeness (QED) is 0.759. The predicted octanol–water partition coefficient (Wildman–Crippen LogP) is 4.35.